The van der Waals surface area contributed by atoms with Crippen LogP contribution in [0.15, 0.2) is 6.20 Å². The van der Waals surface area contributed by atoms with Crippen molar-refractivity contribution in [2.75, 3.05) is 0 Å². The van der Waals surface area contributed by atoms with Gasteiger partial charge >= 0.3 is 0 Å². The fourth-order valence-corrected chi connectivity index (χ4v) is 1.54. The molecule has 1 rings (SSSR count). The summed E-state index contributed by atoms with van der Waals surface area (Å²) in [4.78, 5) is 12.0. The van der Waals surface area contributed by atoms with Crippen molar-refractivity contribution in [2.45, 2.75) is 33.4 Å². The van der Waals surface area contributed by atoms with E-state index in [1.54, 1.807) is 11.6 Å². The number of halogens is 1. The SMILES string of the molecule is CCn1ncc(Cl)c1C(=O)C(C)C(C)N. The average Bonchev–Trinajstić information content (AvgIpc) is 2.57. The number of aromatic nitrogens is 2. The zero-order chi connectivity index (χ0) is 11.6. The van der Waals surface area contributed by atoms with Gasteiger partial charge in [0.25, 0.3) is 0 Å². The van der Waals surface area contributed by atoms with E-state index in [0.717, 1.165) is 0 Å². The van der Waals surface area contributed by atoms with Crippen LogP contribution in [0.25, 0.3) is 0 Å². The lowest BCUT2D eigenvalue weighted by atomic mass is 9.97. The van der Waals surface area contributed by atoms with Crippen LogP contribution in [-0.4, -0.2) is 21.6 Å². The molecule has 1 heterocycles. The summed E-state index contributed by atoms with van der Waals surface area (Å²) >= 11 is 5.92. The van der Waals surface area contributed by atoms with Gasteiger partial charge in [0.05, 0.1) is 11.2 Å². The minimum atomic E-state index is -0.246. The number of hydrogen-bond acceptors (Lipinski definition) is 3. The molecule has 84 valence electrons. The second kappa shape index (κ2) is 4.77. The van der Waals surface area contributed by atoms with Gasteiger partial charge < -0.3 is 5.73 Å². The molecule has 4 nitrogen and oxygen atoms in total. The molecule has 0 fully saturated rings. The number of carbonyl (C=O) groups is 1. The Bertz CT molecular complexity index is 360. The van der Waals surface area contributed by atoms with Crippen LogP contribution < -0.4 is 5.73 Å². The molecule has 1 aromatic heterocycles. The molecule has 0 amide bonds. The van der Waals surface area contributed by atoms with E-state index in [0.29, 0.717) is 17.3 Å². The second-order valence-electron chi connectivity index (χ2n) is 3.67. The summed E-state index contributed by atoms with van der Waals surface area (Å²) in [7, 11) is 0. The summed E-state index contributed by atoms with van der Waals surface area (Å²) in [6.45, 7) is 6.15. The quantitative estimate of drug-likeness (QED) is 0.800. The Morgan fingerprint density at radius 2 is 2.27 bits per heavy atom. The first-order valence-corrected chi connectivity index (χ1v) is 5.37. The summed E-state index contributed by atoms with van der Waals surface area (Å²) in [5, 5.41) is 4.42. The molecule has 0 radical (unpaired) electrons. The third kappa shape index (κ3) is 2.38. The molecule has 2 atom stereocenters. The molecule has 15 heavy (non-hydrogen) atoms. The number of aryl methyl sites for hydroxylation is 1. The van der Waals surface area contributed by atoms with Crippen LogP contribution in [0, 0.1) is 5.92 Å². The lowest BCUT2D eigenvalue weighted by Crippen LogP contribution is -2.32. The van der Waals surface area contributed by atoms with Gasteiger partial charge in [0, 0.05) is 18.5 Å². The van der Waals surface area contributed by atoms with Crippen LogP contribution in [-0.2, 0) is 6.54 Å². The molecule has 0 bridgehead atoms. The third-order valence-corrected chi connectivity index (χ3v) is 2.81. The predicted octanol–water partition coefficient (Wildman–Crippen LogP) is 1.72. The number of hydrogen-bond donors (Lipinski definition) is 1. The Kier molecular flexibility index (Phi) is 3.88. The van der Waals surface area contributed by atoms with Gasteiger partial charge in [0.1, 0.15) is 5.69 Å². The van der Waals surface area contributed by atoms with Crippen LogP contribution in [0.1, 0.15) is 31.3 Å². The zero-order valence-electron chi connectivity index (χ0n) is 9.20. The van der Waals surface area contributed by atoms with Crippen molar-refractivity contribution in [3.63, 3.8) is 0 Å². The Hall–Kier alpha value is -0.870. The second-order valence-corrected chi connectivity index (χ2v) is 4.08. The van der Waals surface area contributed by atoms with Crippen molar-refractivity contribution in [1.82, 2.24) is 9.78 Å². The van der Waals surface area contributed by atoms with Gasteiger partial charge in [-0.2, -0.15) is 5.10 Å². The van der Waals surface area contributed by atoms with Gasteiger partial charge in [-0.25, -0.2) is 0 Å². The normalized spacial score (nSPS) is 15.0. The van der Waals surface area contributed by atoms with E-state index < -0.39 is 0 Å². The Morgan fingerprint density at radius 3 is 2.73 bits per heavy atom. The molecular weight excluding hydrogens is 214 g/mol. The first-order valence-electron chi connectivity index (χ1n) is 5.00. The lowest BCUT2D eigenvalue weighted by Gasteiger charge is -2.14. The summed E-state index contributed by atoms with van der Waals surface area (Å²) < 4.78 is 1.60. The van der Waals surface area contributed by atoms with E-state index >= 15 is 0 Å². The van der Waals surface area contributed by atoms with E-state index in [4.69, 9.17) is 17.3 Å². The molecule has 0 saturated carbocycles. The minimum Gasteiger partial charge on any atom is -0.327 e. The summed E-state index contributed by atoms with van der Waals surface area (Å²) in [5.41, 5.74) is 6.15. The van der Waals surface area contributed by atoms with Gasteiger partial charge in [-0.1, -0.05) is 18.5 Å². The van der Waals surface area contributed by atoms with Gasteiger partial charge in [-0.15, -0.1) is 0 Å². The monoisotopic (exact) mass is 229 g/mol. The maximum absolute atomic E-state index is 12.0. The molecule has 0 spiro atoms. The van der Waals surface area contributed by atoms with Gasteiger partial charge in [0.15, 0.2) is 5.78 Å². The highest BCUT2D eigenvalue weighted by molar-refractivity contribution is 6.33. The molecule has 2 unspecified atom stereocenters. The maximum Gasteiger partial charge on any atom is 0.186 e. The van der Waals surface area contributed by atoms with Gasteiger partial charge in [-0.05, 0) is 13.8 Å². The van der Waals surface area contributed by atoms with Crippen molar-refractivity contribution in [1.29, 1.82) is 0 Å². The fraction of sp³-hybridized carbons (Fsp3) is 0.600. The van der Waals surface area contributed by atoms with Crippen LogP contribution >= 0.6 is 11.6 Å². The molecule has 0 aromatic carbocycles. The van der Waals surface area contributed by atoms with Crippen LogP contribution in [0.3, 0.4) is 0 Å². The van der Waals surface area contributed by atoms with E-state index in [1.807, 2.05) is 13.8 Å². The topological polar surface area (TPSA) is 60.9 Å². The fourth-order valence-electron chi connectivity index (χ4n) is 1.30. The van der Waals surface area contributed by atoms with E-state index in [2.05, 4.69) is 5.10 Å². The number of rotatable bonds is 4. The average molecular weight is 230 g/mol. The van der Waals surface area contributed by atoms with Crippen molar-refractivity contribution < 1.29 is 4.79 Å². The largest absolute Gasteiger partial charge is 0.327 e. The number of Topliss-reactive ketones (excluding diaryl/α,β-unsaturated/α-hetero) is 1. The first-order chi connectivity index (χ1) is 6.99. The van der Waals surface area contributed by atoms with E-state index in [1.165, 1.54) is 6.20 Å². The van der Waals surface area contributed by atoms with Crippen LogP contribution in [0.5, 0.6) is 0 Å². The van der Waals surface area contributed by atoms with E-state index in [-0.39, 0.29) is 17.7 Å². The Balaban J connectivity index is 3.04. The summed E-state index contributed by atoms with van der Waals surface area (Å²) in [6.07, 6.45) is 1.49. The molecule has 2 N–H and O–H groups in total. The Morgan fingerprint density at radius 1 is 1.67 bits per heavy atom. The van der Waals surface area contributed by atoms with Gasteiger partial charge in [0.2, 0.25) is 0 Å². The molecule has 0 aliphatic heterocycles. The zero-order valence-corrected chi connectivity index (χ0v) is 9.95. The van der Waals surface area contributed by atoms with Crippen molar-refractivity contribution in [2.24, 2.45) is 11.7 Å². The number of nitrogens with zero attached hydrogens (tertiary/aromatic N) is 2. The minimum absolute atomic E-state index is 0.0469. The smallest absolute Gasteiger partial charge is 0.186 e. The summed E-state index contributed by atoms with van der Waals surface area (Å²) in [6, 6.07) is -0.186. The number of nitrogens with two attached hydrogens (primary N) is 1. The van der Waals surface area contributed by atoms with Crippen molar-refractivity contribution in [3.8, 4) is 0 Å². The molecule has 0 saturated heterocycles. The third-order valence-electron chi connectivity index (χ3n) is 2.53. The van der Waals surface area contributed by atoms with Crippen molar-refractivity contribution in [3.05, 3.63) is 16.9 Å². The Labute approximate surface area is 94.4 Å². The predicted molar refractivity (Wildman–Crippen MR) is 60.1 cm³/mol. The van der Waals surface area contributed by atoms with Crippen molar-refractivity contribution >= 4 is 17.4 Å². The molecule has 0 aliphatic carbocycles. The maximum atomic E-state index is 12.0. The van der Waals surface area contributed by atoms with Crippen LogP contribution in [0.2, 0.25) is 5.02 Å². The molecule has 0 aliphatic rings. The standard InChI is InChI=1S/C10H16ClN3O/c1-4-14-9(8(11)5-13-14)10(15)6(2)7(3)12/h5-7H,4,12H2,1-3H3. The van der Waals surface area contributed by atoms with Crippen LogP contribution in [0.4, 0.5) is 0 Å². The first kappa shape index (κ1) is 12.2. The highest BCUT2D eigenvalue weighted by Gasteiger charge is 2.24. The molecule has 5 heteroatoms. The summed E-state index contributed by atoms with van der Waals surface area (Å²) in [5.74, 6) is -0.293. The highest BCUT2D eigenvalue weighted by Crippen LogP contribution is 2.20. The number of ketones is 1. The molecule has 1 aromatic rings. The lowest BCUT2D eigenvalue weighted by molar-refractivity contribution is 0.0906. The highest BCUT2D eigenvalue weighted by atomic mass is 35.5. The number of carbonyl (C=O) groups excluding carboxylic acids is 1. The molecular formula is C10H16ClN3O. The van der Waals surface area contributed by atoms with E-state index in [9.17, 15) is 4.79 Å². The van der Waals surface area contributed by atoms with Gasteiger partial charge in [-0.3, -0.25) is 9.48 Å².